The van der Waals surface area contributed by atoms with Crippen molar-refractivity contribution in [1.29, 1.82) is 0 Å². The summed E-state index contributed by atoms with van der Waals surface area (Å²) in [6, 6.07) is -1.44. The lowest BCUT2D eigenvalue weighted by atomic mass is 10.2. The predicted molar refractivity (Wildman–Crippen MR) is 72.1 cm³/mol. The van der Waals surface area contributed by atoms with Crippen LogP contribution in [0.3, 0.4) is 0 Å². The van der Waals surface area contributed by atoms with Gasteiger partial charge >= 0.3 is 12.0 Å². The fourth-order valence-corrected chi connectivity index (χ4v) is 1.61. The summed E-state index contributed by atoms with van der Waals surface area (Å²) in [5, 5.41) is 20.1. The van der Waals surface area contributed by atoms with Crippen LogP contribution in [0.4, 0.5) is 4.79 Å². The zero-order valence-electron chi connectivity index (χ0n) is 11.9. The molecule has 0 heterocycles. The molecule has 2 amide bonds. The van der Waals surface area contributed by atoms with Crippen molar-refractivity contribution in [3.8, 4) is 0 Å². The van der Waals surface area contributed by atoms with Crippen LogP contribution < -0.4 is 5.32 Å². The average molecular weight is 275 g/mol. The van der Waals surface area contributed by atoms with Crippen molar-refractivity contribution < 1.29 is 19.8 Å². The molecule has 0 fully saturated rings. The molecule has 7 nitrogen and oxygen atoms in total. The third kappa shape index (κ3) is 7.63. The molecular weight excluding hydrogens is 250 g/mol. The quantitative estimate of drug-likeness (QED) is 0.542. The second-order valence-corrected chi connectivity index (χ2v) is 4.59. The normalized spacial score (nSPS) is 12.3. The van der Waals surface area contributed by atoms with Crippen LogP contribution in [-0.4, -0.2) is 78.4 Å². The van der Waals surface area contributed by atoms with E-state index in [-0.39, 0.29) is 13.0 Å². The van der Waals surface area contributed by atoms with Crippen molar-refractivity contribution in [2.24, 2.45) is 0 Å². The van der Waals surface area contributed by atoms with Gasteiger partial charge in [-0.25, -0.2) is 9.59 Å². The number of carboxylic acids is 1. The first-order valence-electron chi connectivity index (χ1n) is 6.46. The fourth-order valence-electron chi connectivity index (χ4n) is 1.61. The van der Waals surface area contributed by atoms with Crippen LogP contribution in [0.5, 0.6) is 0 Å². The number of aliphatic hydroxyl groups is 1. The molecule has 0 radical (unpaired) electrons. The van der Waals surface area contributed by atoms with Crippen LogP contribution in [0.2, 0.25) is 0 Å². The molecule has 0 spiro atoms. The Morgan fingerprint density at radius 2 is 1.89 bits per heavy atom. The largest absolute Gasteiger partial charge is 0.480 e. The first-order valence-corrected chi connectivity index (χ1v) is 6.46. The number of aliphatic hydroxyl groups excluding tert-OH is 1. The van der Waals surface area contributed by atoms with E-state index in [9.17, 15) is 9.59 Å². The lowest BCUT2D eigenvalue weighted by molar-refractivity contribution is -0.139. The summed E-state index contributed by atoms with van der Waals surface area (Å²) >= 11 is 0. The molecule has 0 rings (SSSR count). The highest BCUT2D eigenvalue weighted by atomic mass is 16.4. The molecule has 0 aliphatic heterocycles. The summed E-state index contributed by atoms with van der Waals surface area (Å²) in [4.78, 5) is 26.4. The highest BCUT2D eigenvalue weighted by Gasteiger charge is 2.21. The highest BCUT2D eigenvalue weighted by molar-refractivity contribution is 5.82. The van der Waals surface area contributed by atoms with Gasteiger partial charge in [0.05, 0.1) is 0 Å². The minimum Gasteiger partial charge on any atom is -0.480 e. The van der Waals surface area contributed by atoms with E-state index in [1.807, 2.05) is 25.9 Å². The Hall–Kier alpha value is -1.34. The number of urea groups is 1. The van der Waals surface area contributed by atoms with Crippen molar-refractivity contribution in [3.63, 3.8) is 0 Å². The standard InChI is InChI=1S/C12H25N3O4/c1-4-15(8-5-7-14(2)3)12(19)13-10(6-9-16)11(17)18/h10,16H,4-9H2,1-3H3,(H,13,19)(H,17,18). The van der Waals surface area contributed by atoms with Crippen molar-refractivity contribution in [2.45, 2.75) is 25.8 Å². The molecular formula is C12H25N3O4. The molecule has 112 valence electrons. The maximum absolute atomic E-state index is 11.9. The molecule has 0 aromatic carbocycles. The van der Waals surface area contributed by atoms with Gasteiger partial charge in [0.1, 0.15) is 6.04 Å². The van der Waals surface area contributed by atoms with Gasteiger partial charge in [0.25, 0.3) is 0 Å². The average Bonchev–Trinajstić information content (AvgIpc) is 2.33. The molecule has 0 bridgehead atoms. The molecule has 0 saturated carbocycles. The van der Waals surface area contributed by atoms with Gasteiger partial charge in [-0.15, -0.1) is 0 Å². The molecule has 0 aromatic rings. The van der Waals surface area contributed by atoms with Gasteiger partial charge in [-0.2, -0.15) is 0 Å². The minimum atomic E-state index is -1.13. The third-order valence-corrected chi connectivity index (χ3v) is 2.72. The van der Waals surface area contributed by atoms with Crippen LogP contribution in [0.25, 0.3) is 0 Å². The minimum absolute atomic E-state index is 0.0102. The maximum atomic E-state index is 11.9. The van der Waals surface area contributed by atoms with Gasteiger partial charge in [-0.3, -0.25) is 0 Å². The predicted octanol–water partition coefficient (Wildman–Crippen LogP) is -0.195. The second kappa shape index (κ2) is 9.57. The van der Waals surface area contributed by atoms with E-state index >= 15 is 0 Å². The first kappa shape index (κ1) is 17.7. The molecule has 0 saturated heterocycles. The van der Waals surface area contributed by atoms with Crippen LogP contribution >= 0.6 is 0 Å². The van der Waals surface area contributed by atoms with E-state index in [1.165, 1.54) is 0 Å². The van der Waals surface area contributed by atoms with Gasteiger partial charge in [-0.1, -0.05) is 0 Å². The van der Waals surface area contributed by atoms with Gasteiger partial charge in [-0.05, 0) is 34.0 Å². The maximum Gasteiger partial charge on any atom is 0.326 e. The number of hydrogen-bond acceptors (Lipinski definition) is 4. The number of carboxylic acid groups (broad SMARTS) is 1. The summed E-state index contributed by atoms with van der Waals surface area (Å²) in [6.07, 6.45) is 0.836. The van der Waals surface area contributed by atoms with Crippen LogP contribution in [0, 0.1) is 0 Å². The van der Waals surface area contributed by atoms with Gasteiger partial charge in [0.15, 0.2) is 0 Å². The summed E-state index contributed by atoms with van der Waals surface area (Å²) in [5.74, 6) is -1.13. The Balaban J connectivity index is 4.28. The summed E-state index contributed by atoms with van der Waals surface area (Å²) in [6.45, 7) is 3.53. The first-order chi connectivity index (χ1) is 8.92. The summed E-state index contributed by atoms with van der Waals surface area (Å²) < 4.78 is 0. The van der Waals surface area contributed by atoms with Crippen molar-refractivity contribution in [3.05, 3.63) is 0 Å². The number of rotatable bonds is 9. The topological polar surface area (TPSA) is 93.1 Å². The van der Waals surface area contributed by atoms with E-state index in [1.54, 1.807) is 4.90 Å². The lowest BCUT2D eigenvalue weighted by Crippen LogP contribution is -2.48. The van der Waals surface area contributed by atoms with Crippen LogP contribution in [0.15, 0.2) is 0 Å². The number of nitrogens with zero attached hydrogens (tertiary/aromatic N) is 2. The highest BCUT2D eigenvalue weighted by Crippen LogP contribution is 1.98. The van der Waals surface area contributed by atoms with Gasteiger partial charge < -0.3 is 25.3 Å². The van der Waals surface area contributed by atoms with Gasteiger partial charge in [0, 0.05) is 26.1 Å². The molecule has 7 heteroatoms. The number of hydrogen-bond donors (Lipinski definition) is 3. The monoisotopic (exact) mass is 275 g/mol. The lowest BCUT2D eigenvalue weighted by Gasteiger charge is -2.24. The number of carbonyl (C=O) groups excluding carboxylic acids is 1. The number of amides is 2. The molecule has 0 aromatic heterocycles. The van der Waals surface area contributed by atoms with Crippen LogP contribution in [0.1, 0.15) is 19.8 Å². The fraction of sp³-hybridized carbons (Fsp3) is 0.833. The Morgan fingerprint density at radius 1 is 1.26 bits per heavy atom. The summed E-state index contributed by atoms with van der Waals surface area (Å²) in [7, 11) is 3.91. The molecule has 0 aliphatic rings. The van der Waals surface area contributed by atoms with Crippen molar-refractivity contribution in [2.75, 3.05) is 40.3 Å². The van der Waals surface area contributed by atoms with E-state index in [0.717, 1.165) is 13.0 Å². The molecule has 19 heavy (non-hydrogen) atoms. The van der Waals surface area contributed by atoms with Gasteiger partial charge in [0.2, 0.25) is 0 Å². The second-order valence-electron chi connectivity index (χ2n) is 4.59. The number of nitrogens with one attached hydrogen (secondary N) is 1. The van der Waals surface area contributed by atoms with E-state index in [4.69, 9.17) is 10.2 Å². The van der Waals surface area contributed by atoms with Crippen molar-refractivity contribution in [1.82, 2.24) is 15.1 Å². The summed E-state index contributed by atoms with van der Waals surface area (Å²) in [5.41, 5.74) is 0. The van der Waals surface area contributed by atoms with E-state index in [2.05, 4.69) is 5.32 Å². The Bertz CT molecular complexity index is 284. The van der Waals surface area contributed by atoms with Crippen LogP contribution in [-0.2, 0) is 4.79 Å². The number of carbonyl (C=O) groups is 2. The molecule has 0 aliphatic carbocycles. The zero-order chi connectivity index (χ0) is 14.8. The Morgan fingerprint density at radius 3 is 2.32 bits per heavy atom. The molecule has 1 unspecified atom stereocenters. The van der Waals surface area contributed by atoms with E-state index in [0.29, 0.717) is 13.1 Å². The molecule has 3 N–H and O–H groups in total. The smallest absolute Gasteiger partial charge is 0.326 e. The molecule has 1 atom stereocenters. The SMILES string of the molecule is CCN(CCCN(C)C)C(=O)NC(CCO)C(=O)O. The van der Waals surface area contributed by atoms with E-state index < -0.39 is 18.0 Å². The Labute approximate surface area is 114 Å². The number of aliphatic carboxylic acids is 1. The zero-order valence-corrected chi connectivity index (χ0v) is 11.9. The third-order valence-electron chi connectivity index (χ3n) is 2.72. The Kier molecular flexibility index (Phi) is 8.90. The van der Waals surface area contributed by atoms with Crippen molar-refractivity contribution >= 4 is 12.0 Å².